The Morgan fingerprint density at radius 2 is 2.25 bits per heavy atom. The van der Waals surface area contributed by atoms with Gasteiger partial charge in [0.05, 0.1) is 5.69 Å². The summed E-state index contributed by atoms with van der Waals surface area (Å²) in [5.74, 6) is -0.969. The Hall–Kier alpha value is -2.76. The van der Waals surface area contributed by atoms with Crippen LogP contribution >= 0.6 is 0 Å². The van der Waals surface area contributed by atoms with E-state index in [2.05, 4.69) is 10.1 Å². The summed E-state index contributed by atoms with van der Waals surface area (Å²) in [5, 5.41) is 25.9. The van der Waals surface area contributed by atoms with E-state index in [9.17, 15) is 19.8 Å². The summed E-state index contributed by atoms with van der Waals surface area (Å²) < 4.78 is 17.6. The Balaban J connectivity index is 1.38. The molecule has 2 aromatic rings. The second-order valence-electron chi connectivity index (χ2n) is 7.45. The summed E-state index contributed by atoms with van der Waals surface area (Å²) in [4.78, 5) is 27.3. The summed E-state index contributed by atoms with van der Waals surface area (Å²) in [5.41, 5.74) is 3.74. The fraction of sp³-hybridized carbons (Fsp3) is 0.529. The molecule has 28 heavy (non-hydrogen) atoms. The molecule has 1 aliphatic carbocycles. The number of fused-ring (bicyclic) bond motifs is 2. The van der Waals surface area contributed by atoms with Crippen LogP contribution in [0.3, 0.4) is 0 Å². The number of hydrogen-bond donors (Lipinski definition) is 3. The molecule has 6 atom stereocenters. The van der Waals surface area contributed by atoms with Crippen LogP contribution in [0.5, 0.6) is 0 Å². The lowest BCUT2D eigenvalue weighted by atomic mass is 10.0. The zero-order valence-corrected chi connectivity index (χ0v) is 14.8. The van der Waals surface area contributed by atoms with Crippen LogP contribution in [0.1, 0.15) is 31.6 Å². The monoisotopic (exact) mass is 390 g/mol. The number of anilines is 1. The van der Waals surface area contributed by atoms with Gasteiger partial charge in [-0.1, -0.05) is 0 Å². The zero-order valence-electron chi connectivity index (χ0n) is 14.8. The first kappa shape index (κ1) is 17.3. The highest BCUT2D eigenvalue weighted by atomic mass is 16.7. The van der Waals surface area contributed by atoms with Gasteiger partial charge in [-0.15, -0.1) is 0 Å². The molecule has 2 saturated heterocycles. The molecule has 11 nitrogen and oxygen atoms in total. The number of nitrogens with two attached hydrogens (primary N) is 1. The number of cyclic esters (lactones) is 1. The van der Waals surface area contributed by atoms with E-state index < -0.39 is 47.6 Å². The maximum absolute atomic E-state index is 12.2. The average Bonchev–Trinajstić information content (AvgIpc) is 3.15. The van der Waals surface area contributed by atoms with Crippen molar-refractivity contribution in [2.45, 2.75) is 55.4 Å². The van der Waals surface area contributed by atoms with E-state index in [1.807, 2.05) is 0 Å². The molecule has 2 aromatic heterocycles. The molecule has 148 valence electrons. The molecule has 3 fully saturated rings. The van der Waals surface area contributed by atoms with Crippen molar-refractivity contribution in [3.63, 3.8) is 0 Å². The molecule has 1 saturated carbocycles. The minimum absolute atomic E-state index is 0.138. The van der Waals surface area contributed by atoms with Gasteiger partial charge in [-0.05, 0) is 19.1 Å². The van der Waals surface area contributed by atoms with E-state index in [0.717, 1.165) is 0 Å². The molecule has 4 heterocycles. The second kappa shape index (κ2) is 5.40. The van der Waals surface area contributed by atoms with Crippen molar-refractivity contribution < 1.29 is 34.0 Å². The van der Waals surface area contributed by atoms with Crippen molar-refractivity contribution in [3.05, 3.63) is 24.2 Å². The summed E-state index contributed by atoms with van der Waals surface area (Å²) in [6.07, 6.45) is -2.73. The predicted molar refractivity (Wildman–Crippen MR) is 89.6 cm³/mol. The van der Waals surface area contributed by atoms with Crippen molar-refractivity contribution in [3.8, 4) is 0 Å². The molecule has 3 aliphatic rings. The van der Waals surface area contributed by atoms with E-state index in [-0.39, 0.29) is 18.7 Å². The number of ether oxygens (including phenoxy) is 3. The number of nitrogen functional groups attached to an aromatic ring is 1. The lowest BCUT2D eigenvalue weighted by Gasteiger charge is -2.23. The van der Waals surface area contributed by atoms with E-state index >= 15 is 0 Å². The number of rotatable bonds is 3. The molecule has 1 unspecified atom stereocenters. The summed E-state index contributed by atoms with van der Waals surface area (Å²) in [7, 11) is 0. The number of esters is 2. The first-order chi connectivity index (χ1) is 13.3. The van der Waals surface area contributed by atoms with Crippen LogP contribution in [-0.2, 0) is 23.8 Å². The number of aromatic nitrogens is 3. The number of aliphatic hydroxyl groups excluding tert-OH is 1. The normalized spacial score (nSPS) is 39.0. The average molecular weight is 390 g/mol. The van der Waals surface area contributed by atoms with Gasteiger partial charge in [-0.3, -0.25) is 4.79 Å². The van der Waals surface area contributed by atoms with Gasteiger partial charge in [0.25, 0.3) is 0 Å². The van der Waals surface area contributed by atoms with Gasteiger partial charge in [-0.2, -0.15) is 5.10 Å². The van der Waals surface area contributed by atoms with E-state index in [4.69, 9.17) is 19.9 Å². The molecule has 0 radical (unpaired) electrons. The first-order valence-electron chi connectivity index (χ1n) is 8.83. The number of carbonyl (C=O) groups is 2. The number of aliphatic hydroxyl groups is 2. The van der Waals surface area contributed by atoms with Crippen LogP contribution < -0.4 is 5.73 Å². The van der Waals surface area contributed by atoms with Gasteiger partial charge in [-0.25, -0.2) is 14.3 Å². The maximum atomic E-state index is 12.2. The molecule has 0 spiro atoms. The van der Waals surface area contributed by atoms with Crippen LogP contribution in [0.15, 0.2) is 18.5 Å². The minimum atomic E-state index is -1.79. The van der Waals surface area contributed by atoms with Crippen LogP contribution in [0.2, 0.25) is 0 Å². The van der Waals surface area contributed by atoms with Gasteiger partial charge in [0, 0.05) is 12.8 Å². The minimum Gasteiger partial charge on any atom is -0.453 e. The highest BCUT2D eigenvalue weighted by Crippen LogP contribution is 2.64. The third-order valence-corrected chi connectivity index (χ3v) is 5.91. The molecule has 11 heteroatoms. The third kappa shape index (κ3) is 2.03. The van der Waals surface area contributed by atoms with Crippen LogP contribution in [0.25, 0.3) is 5.52 Å². The van der Waals surface area contributed by atoms with Gasteiger partial charge in [0.15, 0.2) is 23.6 Å². The summed E-state index contributed by atoms with van der Waals surface area (Å²) in [6, 6.07) is 3.35. The van der Waals surface area contributed by atoms with Crippen molar-refractivity contribution in [1.29, 1.82) is 0 Å². The predicted octanol–water partition coefficient (Wildman–Crippen LogP) is -1.14. The first-order valence-corrected chi connectivity index (χ1v) is 8.83. The van der Waals surface area contributed by atoms with Gasteiger partial charge in [0.1, 0.15) is 29.7 Å². The molecule has 5 rings (SSSR count). The van der Waals surface area contributed by atoms with Crippen molar-refractivity contribution in [1.82, 2.24) is 14.6 Å². The number of nitrogens with zero attached hydrogens (tertiary/aromatic N) is 3. The molecule has 2 aliphatic heterocycles. The van der Waals surface area contributed by atoms with Crippen LogP contribution in [0, 0.1) is 0 Å². The van der Waals surface area contributed by atoms with Gasteiger partial charge >= 0.3 is 11.9 Å². The van der Waals surface area contributed by atoms with Gasteiger partial charge < -0.3 is 30.2 Å². The number of carbonyl (C=O) groups excluding carboxylic acids is 2. The largest absolute Gasteiger partial charge is 0.453 e. The Morgan fingerprint density at radius 1 is 1.46 bits per heavy atom. The topological polar surface area (TPSA) is 158 Å². The Morgan fingerprint density at radius 3 is 2.89 bits per heavy atom. The molecule has 0 bridgehead atoms. The summed E-state index contributed by atoms with van der Waals surface area (Å²) >= 11 is 0. The van der Waals surface area contributed by atoms with E-state index in [1.165, 1.54) is 10.8 Å². The second-order valence-corrected chi connectivity index (χ2v) is 7.45. The SMILES string of the molecule is C[C@]12O[C@@H](c3ccc4c(N)ncnn34)[C@H](O)[C@@]1(O)C2OC(=O)[C@H]1CCC(=O)O1. The van der Waals surface area contributed by atoms with Crippen molar-refractivity contribution >= 4 is 23.3 Å². The molecule has 0 aromatic carbocycles. The Kier molecular flexibility index (Phi) is 3.35. The Bertz CT molecular complexity index is 1010. The summed E-state index contributed by atoms with van der Waals surface area (Å²) in [6.45, 7) is 1.55. The highest BCUT2D eigenvalue weighted by molar-refractivity contribution is 5.83. The highest BCUT2D eigenvalue weighted by Gasteiger charge is 2.87. The fourth-order valence-corrected chi connectivity index (χ4v) is 4.22. The molecular weight excluding hydrogens is 372 g/mol. The van der Waals surface area contributed by atoms with Crippen molar-refractivity contribution in [2.75, 3.05) is 5.73 Å². The van der Waals surface area contributed by atoms with Crippen molar-refractivity contribution in [2.24, 2.45) is 0 Å². The zero-order chi connectivity index (χ0) is 19.8. The smallest absolute Gasteiger partial charge is 0.347 e. The molecule has 4 N–H and O–H groups in total. The van der Waals surface area contributed by atoms with Gasteiger partial charge in [0.2, 0.25) is 0 Å². The van der Waals surface area contributed by atoms with E-state index in [1.54, 1.807) is 19.1 Å². The lowest BCUT2D eigenvalue weighted by Crippen LogP contribution is -2.37. The third-order valence-electron chi connectivity index (χ3n) is 5.91. The lowest BCUT2D eigenvalue weighted by molar-refractivity contribution is -0.170. The van der Waals surface area contributed by atoms with E-state index in [0.29, 0.717) is 11.2 Å². The number of hydrogen-bond acceptors (Lipinski definition) is 10. The van der Waals surface area contributed by atoms with Crippen LogP contribution in [0.4, 0.5) is 5.82 Å². The molecule has 0 amide bonds. The fourth-order valence-electron chi connectivity index (χ4n) is 4.22. The van der Waals surface area contributed by atoms with Crippen LogP contribution in [-0.4, -0.2) is 66.3 Å². The Labute approximate surface area is 158 Å². The molecular formula is C17H18N4O7. The standard InChI is InChI=1S/C17H18N4O7/c1-16-15(27-14(24)9-4-5-10(22)26-9)17(16,25)12(23)11(28-16)7-2-3-8-13(18)19-6-20-21(7)8/h2-3,6,9,11-12,15,23,25H,4-5H2,1H3,(H2,18,19,20)/t9-,11+,12+,15?,16-,17-/m1/s1. The quantitative estimate of drug-likeness (QED) is 0.547. The maximum Gasteiger partial charge on any atom is 0.347 e.